The first kappa shape index (κ1) is 16.2. The van der Waals surface area contributed by atoms with Crippen molar-refractivity contribution in [2.45, 2.75) is 6.54 Å². The minimum atomic E-state index is 0.590. The quantitative estimate of drug-likeness (QED) is 0.764. The molecule has 6 heteroatoms. The molecular formula is C18H18ClN3O2. The van der Waals surface area contributed by atoms with E-state index in [0.717, 1.165) is 16.8 Å². The number of benzene rings is 2. The van der Waals surface area contributed by atoms with Gasteiger partial charge in [0.2, 0.25) is 0 Å². The summed E-state index contributed by atoms with van der Waals surface area (Å²) in [5, 5.41) is 0.682. The number of hydrogen-bond donors (Lipinski definition) is 1. The summed E-state index contributed by atoms with van der Waals surface area (Å²) < 4.78 is 12.5. The minimum Gasteiger partial charge on any atom is -0.493 e. The molecule has 2 aromatic carbocycles. The highest BCUT2D eigenvalue weighted by atomic mass is 35.5. The van der Waals surface area contributed by atoms with E-state index in [1.54, 1.807) is 20.5 Å². The first-order chi connectivity index (χ1) is 11.6. The van der Waals surface area contributed by atoms with Gasteiger partial charge < -0.3 is 19.8 Å². The molecule has 3 rings (SSSR count). The lowest BCUT2D eigenvalue weighted by atomic mass is 10.1. The number of anilines is 1. The zero-order chi connectivity index (χ0) is 17.1. The van der Waals surface area contributed by atoms with Crippen molar-refractivity contribution in [3.05, 3.63) is 59.4 Å². The molecule has 0 aliphatic heterocycles. The Morgan fingerprint density at radius 3 is 2.42 bits per heavy atom. The molecule has 2 N–H and O–H groups in total. The van der Waals surface area contributed by atoms with Crippen LogP contribution < -0.4 is 15.2 Å². The smallest absolute Gasteiger partial charge is 0.161 e. The zero-order valence-electron chi connectivity index (χ0n) is 13.5. The number of halogens is 1. The standard InChI is InChI=1S/C18H18ClN3O2/c1-23-15-8-3-12(9-16(15)24-2)10-22-11-21-17(18(22)20)13-4-6-14(19)7-5-13/h3-9,11H,10,20H2,1-2H3. The second kappa shape index (κ2) is 6.84. The summed E-state index contributed by atoms with van der Waals surface area (Å²) in [6.07, 6.45) is 1.73. The summed E-state index contributed by atoms with van der Waals surface area (Å²) in [4.78, 5) is 4.43. The molecular weight excluding hydrogens is 326 g/mol. The van der Waals surface area contributed by atoms with Gasteiger partial charge in [0.05, 0.1) is 27.1 Å². The van der Waals surface area contributed by atoms with Crippen molar-refractivity contribution in [3.8, 4) is 22.8 Å². The molecule has 0 bridgehead atoms. The average Bonchev–Trinajstić information content (AvgIpc) is 2.96. The van der Waals surface area contributed by atoms with Gasteiger partial charge in [0.1, 0.15) is 11.5 Å². The summed E-state index contributed by atoms with van der Waals surface area (Å²) in [6, 6.07) is 13.2. The number of rotatable bonds is 5. The van der Waals surface area contributed by atoms with Gasteiger partial charge >= 0.3 is 0 Å². The summed E-state index contributed by atoms with van der Waals surface area (Å²) in [6.45, 7) is 0.590. The van der Waals surface area contributed by atoms with Crippen molar-refractivity contribution in [2.24, 2.45) is 0 Å². The maximum Gasteiger partial charge on any atom is 0.161 e. The molecule has 0 unspecified atom stereocenters. The molecule has 0 atom stereocenters. The van der Waals surface area contributed by atoms with Crippen LogP contribution in [0.25, 0.3) is 11.3 Å². The van der Waals surface area contributed by atoms with E-state index in [2.05, 4.69) is 4.98 Å². The van der Waals surface area contributed by atoms with E-state index in [-0.39, 0.29) is 0 Å². The molecule has 0 spiro atoms. The number of methoxy groups -OCH3 is 2. The van der Waals surface area contributed by atoms with Crippen LogP contribution in [0.4, 0.5) is 5.82 Å². The highest BCUT2D eigenvalue weighted by Crippen LogP contribution is 2.29. The van der Waals surface area contributed by atoms with Gasteiger partial charge in [-0.05, 0) is 29.8 Å². The van der Waals surface area contributed by atoms with Crippen LogP contribution in [0.1, 0.15) is 5.56 Å². The Kier molecular flexibility index (Phi) is 4.62. The number of imidazole rings is 1. The first-order valence-electron chi connectivity index (χ1n) is 7.40. The van der Waals surface area contributed by atoms with E-state index in [4.69, 9.17) is 26.8 Å². The summed E-state index contributed by atoms with van der Waals surface area (Å²) >= 11 is 5.93. The molecule has 1 aromatic heterocycles. The summed E-state index contributed by atoms with van der Waals surface area (Å²) in [5.41, 5.74) is 8.98. The third-order valence-electron chi connectivity index (χ3n) is 3.80. The van der Waals surface area contributed by atoms with Crippen molar-refractivity contribution in [3.63, 3.8) is 0 Å². The Morgan fingerprint density at radius 2 is 1.75 bits per heavy atom. The zero-order valence-corrected chi connectivity index (χ0v) is 14.2. The molecule has 0 saturated carbocycles. The van der Waals surface area contributed by atoms with Crippen molar-refractivity contribution in [1.82, 2.24) is 9.55 Å². The molecule has 124 valence electrons. The summed E-state index contributed by atoms with van der Waals surface area (Å²) in [5.74, 6) is 1.99. The van der Waals surface area contributed by atoms with Crippen molar-refractivity contribution in [1.29, 1.82) is 0 Å². The van der Waals surface area contributed by atoms with E-state index in [1.807, 2.05) is 47.0 Å². The number of nitrogens with two attached hydrogens (primary N) is 1. The third kappa shape index (κ3) is 3.16. The van der Waals surface area contributed by atoms with Gasteiger partial charge in [-0.15, -0.1) is 0 Å². The lowest BCUT2D eigenvalue weighted by Gasteiger charge is -2.11. The van der Waals surface area contributed by atoms with E-state index in [0.29, 0.717) is 28.9 Å². The van der Waals surface area contributed by atoms with Crippen LogP contribution in [0.3, 0.4) is 0 Å². The molecule has 3 aromatic rings. The number of nitrogen functional groups attached to an aromatic ring is 1. The number of nitrogens with zero attached hydrogens (tertiary/aromatic N) is 2. The van der Waals surface area contributed by atoms with Gasteiger partial charge in [-0.3, -0.25) is 0 Å². The van der Waals surface area contributed by atoms with Crippen molar-refractivity contribution >= 4 is 17.4 Å². The predicted octanol–water partition coefficient (Wildman–Crippen LogP) is 3.85. The maximum atomic E-state index is 6.26. The molecule has 0 radical (unpaired) electrons. The fourth-order valence-corrected chi connectivity index (χ4v) is 2.65. The monoisotopic (exact) mass is 343 g/mol. The van der Waals surface area contributed by atoms with Gasteiger partial charge in [0.25, 0.3) is 0 Å². The van der Waals surface area contributed by atoms with Crippen LogP contribution in [0.5, 0.6) is 11.5 Å². The Balaban J connectivity index is 1.88. The fourth-order valence-electron chi connectivity index (χ4n) is 2.52. The number of ether oxygens (including phenoxy) is 2. The Morgan fingerprint density at radius 1 is 1.04 bits per heavy atom. The fraction of sp³-hybridized carbons (Fsp3) is 0.167. The van der Waals surface area contributed by atoms with Crippen molar-refractivity contribution in [2.75, 3.05) is 20.0 Å². The molecule has 0 fully saturated rings. The number of aromatic nitrogens is 2. The SMILES string of the molecule is COc1ccc(Cn2cnc(-c3ccc(Cl)cc3)c2N)cc1OC. The largest absolute Gasteiger partial charge is 0.493 e. The van der Waals surface area contributed by atoms with Crippen LogP contribution in [0.15, 0.2) is 48.8 Å². The predicted molar refractivity (Wildman–Crippen MR) is 95.7 cm³/mol. The Labute approximate surface area is 145 Å². The van der Waals surface area contributed by atoms with Crippen LogP contribution >= 0.6 is 11.6 Å². The van der Waals surface area contributed by atoms with Gasteiger partial charge in [-0.1, -0.05) is 29.8 Å². The van der Waals surface area contributed by atoms with E-state index in [1.165, 1.54) is 0 Å². The van der Waals surface area contributed by atoms with Crippen molar-refractivity contribution < 1.29 is 9.47 Å². The molecule has 5 nitrogen and oxygen atoms in total. The van der Waals surface area contributed by atoms with Crippen LogP contribution in [0, 0.1) is 0 Å². The second-order valence-electron chi connectivity index (χ2n) is 5.30. The van der Waals surface area contributed by atoms with Gasteiger partial charge in [0.15, 0.2) is 11.5 Å². The first-order valence-corrected chi connectivity index (χ1v) is 7.77. The normalized spacial score (nSPS) is 10.6. The highest BCUT2D eigenvalue weighted by molar-refractivity contribution is 6.30. The van der Waals surface area contributed by atoms with E-state index >= 15 is 0 Å². The Bertz CT molecular complexity index is 844. The minimum absolute atomic E-state index is 0.590. The van der Waals surface area contributed by atoms with E-state index < -0.39 is 0 Å². The summed E-state index contributed by atoms with van der Waals surface area (Å²) in [7, 11) is 3.23. The lowest BCUT2D eigenvalue weighted by molar-refractivity contribution is 0.354. The average molecular weight is 344 g/mol. The molecule has 0 aliphatic rings. The topological polar surface area (TPSA) is 62.3 Å². The molecule has 0 saturated heterocycles. The second-order valence-corrected chi connectivity index (χ2v) is 5.74. The van der Waals surface area contributed by atoms with Gasteiger partial charge in [-0.2, -0.15) is 0 Å². The van der Waals surface area contributed by atoms with Gasteiger partial charge in [-0.25, -0.2) is 4.98 Å². The van der Waals surface area contributed by atoms with Crippen LogP contribution in [-0.4, -0.2) is 23.8 Å². The number of hydrogen-bond acceptors (Lipinski definition) is 4. The maximum absolute atomic E-state index is 6.26. The molecule has 0 aliphatic carbocycles. The lowest BCUT2D eigenvalue weighted by Crippen LogP contribution is -2.04. The molecule has 0 amide bonds. The van der Waals surface area contributed by atoms with E-state index in [9.17, 15) is 0 Å². The highest BCUT2D eigenvalue weighted by Gasteiger charge is 2.11. The Hall–Kier alpha value is -2.66. The molecule has 1 heterocycles. The van der Waals surface area contributed by atoms with Gasteiger partial charge in [0, 0.05) is 10.6 Å². The van der Waals surface area contributed by atoms with Crippen LogP contribution in [0.2, 0.25) is 5.02 Å². The molecule has 24 heavy (non-hydrogen) atoms. The third-order valence-corrected chi connectivity index (χ3v) is 4.05. The van der Waals surface area contributed by atoms with Crippen LogP contribution in [-0.2, 0) is 6.54 Å².